The molecule has 0 saturated heterocycles. The molecule has 0 radical (unpaired) electrons. The highest BCUT2D eigenvalue weighted by Crippen LogP contribution is 2.33. The van der Waals surface area contributed by atoms with Crippen molar-refractivity contribution in [2.75, 3.05) is 24.9 Å². The third-order valence-corrected chi connectivity index (χ3v) is 5.25. The Balaban J connectivity index is 2.18. The Bertz CT molecular complexity index is 930. The van der Waals surface area contributed by atoms with E-state index in [4.69, 9.17) is 10.5 Å². The number of ketones is 1. The fourth-order valence-corrected chi connectivity index (χ4v) is 3.73. The number of hydrogen-bond acceptors (Lipinski definition) is 8. The lowest BCUT2D eigenvalue weighted by molar-refractivity contribution is -0.137. The molecule has 2 rings (SSSR count). The minimum atomic E-state index is -4.52. The molecule has 0 amide bonds. The summed E-state index contributed by atoms with van der Waals surface area (Å²) < 4.78 is 43.8. The number of nitrogens with two attached hydrogens (primary N) is 1. The van der Waals surface area contributed by atoms with E-state index in [-0.39, 0.29) is 45.8 Å². The van der Waals surface area contributed by atoms with Gasteiger partial charge in [-0.2, -0.15) is 18.4 Å². The summed E-state index contributed by atoms with van der Waals surface area (Å²) in [4.78, 5) is 20.3. The average Bonchev–Trinajstić information content (AvgIpc) is 2.64. The van der Waals surface area contributed by atoms with E-state index in [9.17, 15) is 23.2 Å². The number of aromatic nitrogens is 2. The Morgan fingerprint density at radius 3 is 2.57 bits per heavy atom. The Morgan fingerprint density at radius 2 is 2.00 bits per heavy atom. The van der Waals surface area contributed by atoms with Gasteiger partial charge in [-0.25, -0.2) is 9.97 Å². The number of anilines is 1. The number of hydrogen-bond donors (Lipinski definition) is 1. The molecule has 0 spiro atoms. The minimum Gasteiger partial charge on any atom is -0.496 e. The molecule has 0 aliphatic carbocycles. The highest BCUT2D eigenvalue weighted by Gasteiger charge is 2.31. The van der Waals surface area contributed by atoms with Crippen LogP contribution in [0.1, 0.15) is 16.7 Å². The maximum Gasteiger partial charge on any atom is 0.416 e. The highest BCUT2D eigenvalue weighted by atomic mass is 32.2. The molecule has 1 aromatic heterocycles. The molecule has 11 heteroatoms. The van der Waals surface area contributed by atoms with Gasteiger partial charge in [-0.3, -0.25) is 4.79 Å². The van der Waals surface area contributed by atoms with E-state index in [0.29, 0.717) is 5.03 Å². The first-order chi connectivity index (χ1) is 13.2. The van der Waals surface area contributed by atoms with E-state index in [1.165, 1.54) is 24.9 Å². The van der Waals surface area contributed by atoms with Crippen LogP contribution in [-0.4, -0.2) is 34.9 Å². The van der Waals surface area contributed by atoms with Crippen molar-refractivity contribution in [2.24, 2.45) is 0 Å². The molecule has 0 unspecified atom stereocenters. The van der Waals surface area contributed by atoms with Gasteiger partial charge in [-0.15, -0.1) is 11.8 Å². The summed E-state index contributed by atoms with van der Waals surface area (Å²) in [6.07, 6.45) is -3.05. The van der Waals surface area contributed by atoms with Crippen LogP contribution >= 0.6 is 23.5 Å². The topological polar surface area (TPSA) is 102 Å². The first-order valence-corrected chi connectivity index (χ1v) is 9.90. The van der Waals surface area contributed by atoms with Crippen LogP contribution in [0.4, 0.5) is 19.1 Å². The summed E-state index contributed by atoms with van der Waals surface area (Å²) in [5.74, 6) is -0.287. The van der Waals surface area contributed by atoms with Crippen molar-refractivity contribution >= 4 is 35.3 Å². The second kappa shape index (κ2) is 9.16. The average molecular weight is 428 g/mol. The number of Topliss-reactive ketones (excluding diaryl/α,β-unsaturated/α-hetero) is 1. The summed E-state index contributed by atoms with van der Waals surface area (Å²) >= 11 is 2.21. The second-order valence-electron chi connectivity index (χ2n) is 5.41. The lowest BCUT2D eigenvalue weighted by atomic mass is 10.0. The molecule has 0 aliphatic heterocycles. The van der Waals surface area contributed by atoms with Crippen molar-refractivity contribution in [3.8, 4) is 11.8 Å². The van der Waals surface area contributed by atoms with E-state index < -0.39 is 11.7 Å². The number of carbonyl (C=O) groups excluding carboxylic acids is 1. The number of alkyl halides is 3. The molecule has 148 valence electrons. The molecule has 0 fully saturated rings. The second-order valence-corrected chi connectivity index (χ2v) is 7.17. The zero-order chi connectivity index (χ0) is 20.9. The Hall–Kier alpha value is -2.45. The number of nitriles is 1. The number of nitrogens with zero attached hydrogens (tertiary/aromatic N) is 3. The van der Waals surface area contributed by atoms with Gasteiger partial charge in [0.2, 0.25) is 5.95 Å². The van der Waals surface area contributed by atoms with Gasteiger partial charge in [0.25, 0.3) is 0 Å². The van der Waals surface area contributed by atoms with Gasteiger partial charge in [-0.05, 0) is 24.5 Å². The Morgan fingerprint density at radius 1 is 1.32 bits per heavy atom. The summed E-state index contributed by atoms with van der Waals surface area (Å²) in [5, 5.41) is 9.94. The van der Waals surface area contributed by atoms with Crippen molar-refractivity contribution in [2.45, 2.75) is 22.6 Å². The number of thioether (sulfide) groups is 2. The normalized spacial score (nSPS) is 11.1. The lowest BCUT2D eigenvalue weighted by Gasteiger charge is -2.12. The van der Waals surface area contributed by atoms with Gasteiger partial charge >= 0.3 is 6.18 Å². The molecule has 2 aromatic rings. The Labute approximate surface area is 167 Å². The number of benzene rings is 1. The maximum absolute atomic E-state index is 12.9. The molecule has 1 heterocycles. The van der Waals surface area contributed by atoms with Gasteiger partial charge in [0, 0.05) is 12.0 Å². The van der Waals surface area contributed by atoms with Gasteiger partial charge < -0.3 is 10.5 Å². The molecule has 28 heavy (non-hydrogen) atoms. The van der Waals surface area contributed by atoms with E-state index >= 15 is 0 Å². The number of ether oxygens (including phenoxy) is 1. The van der Waals surface area contributed by atoms with Crippen LogP contribution in [-0.2, 0) is 17.4 Å². The van der Waals surface area contributed by atoms with Crippen LogP contribution in [0, 0.1) is 11.3 Å². The van der Waals surface area contributed by atoms with Crippen molar-refractivity contribution in [3.63, 3.8) is 0 Å². The molecule has 0 atom stereocenters. The summed E-state index contributed by atoms with van der Waals surface area (Å²) in [7, 11) is 1.32. The van der Waals surface area contributed by atoms with Crippen molar-refractivity contribution in [1.82, 2.24) is 9.97 Å². The number of nitrogen functional groups attached to an aromatic ring is 1. The standard InChI is InChI=1S/C17H15F3N4O2S2/c1-26-13-4-3-10(17(18,19)20)5-9(13)6-11(25)8-28-15-12(7-21)14(27-2)23-16(22)24-15/h3-5H,6,8H2,1-2H3,(H2,22,23,24). The van der Waals surface area contributed by atoms with Gasteiger partial charge in [-0.1, -0.05) is 11.8 Å². The summed E-state index contributed by atoms with van der Waals surface area (Å²) in [6.45, 7) is 0. The smallest absolute Gasteiger partial charge is 0.416 e. The monoisotopic (exact) mass is 428 g/mol. The first-order valence-electron chi connectivity index (χ1n) is 7.69. The molecular weight excluding hydrogens is 413 g/mol. The summed E-state index contributed by atoms with van der Waals surface area (Å²) in [5.41, 5.74) is 5.10. The van der Waals surface area contributed by atoms with Gasteiger partial charge in [0.05, 0.1) is 18.4 Å². The highest BCUT2D eigenvalue weighted by molar-refractivity contribution is 8.00. The van der Waals surface area contributed by atoms with Crippen molar-refractivity contribution in [3.05, 3.63) is 34.9 Å². The predicted octanol–water partition coefficient (Wildman–Crippen LogP) is 3.58. The zero-order valence-electron chi connectivity index (χ0n) is 14.8. The third kappa shape index (κ3) is 5.30. The number of methoxy groups -OCH3 is 1. The van der Waals surface area contributed by atoms with Crippen LogP contribution in [0.2, 0.25) is 0 Å². The quantitative estimate of drug-likeness (QED) is 0.527. The lowest BCUT2D eigenvalue weighted by Crippen LogP contribution is -2.11. The van der Waals surface area contributed by atoms with Crippen LogP contribution in [0.15, 0.2) is 28.3 Å². The fraction of sp³-hybridized carbons (Fsp3) is 0.294. The molecule has 1 aromatic carbocycles. The van der Waals surface area contributed by atoms with Gasteiger partial charge in [0.1, 0.15) is 33.2 Å². The van der Waals surface area contributed by atoms with E-state index in [0.717, 1.165) is 23.9 Å². The predicted molar refractivity (Wildman–Crippen MR) is 100 cm³/mol. The zero-order valence-corrected chi connectivity index (χ0v) is 16.5. The van der Waals surface area contributed by atoms with Crippen LogP contribution in [0.5, 0.6) is 5.75 Å². The molecule has 0 saturated carbocycles. The van der Waals surface area contributed by atoms with Crippen LogP contribution in [0.25, 0.3) is 0 Å². The maximum atomic E-state index is 12.9. The van der Waals surface area contributed by atoms with E-state index in [2.05, 4.69) is 9.97 Å². The first kappa shape index (κ1) is 21.8. The fourth-order valence-electron chi connectivity index (χ4n) is 2.29. The van der Waals surface area contributed by atoms with Crippen LogP contribution in [0.3, 0.4) is 0 Å². The minimum absolute atomic E-state index is 0.0298. The van der Waals surface area contributed by atoms with Gasteiger partial charge in [0.15, 0.2) is 0 Å². The van der Waals surface area contributed by atoms with Crippen LogP contribution < -0.4 is 10.5 Å². The van der Waals surface area contributed by atoms with Crippen molar-refractivity contribution in [1.29, 1.82) is 5.26 Å². The third-order valence-electron chi connectivity index (χ3n) is 3.53. The molecule has 0 aliphatic rings. The summed E-state index contributed by atoms with van der Waals surface area (Å²) in [6, 6.07) is 4.96. The molecule has 0 bridgehead atoms. The largest absolute Gasteiger partial charge is 0.496 e. The van der Waals surface area contributed by atoms with Crippen molar-refractivity contribution < 1.29 is 22.7 Å². The van der Waals surface area contributed by atoms with E-state index in [1.807, 2.05) is 6.07 Å². The Kier molecular flexibility index (Phi) is 7.15. The molecule has 2 N–H and O–H groups in total. The molecular formula is C17H15F3N4O2S2. The SMILES string of the molecule is COc1ccc(C(F)(F)F)cc1CC(=O)CSc1nc(N)nc(SC)c1C#N. The number of carbonyl (C=O) groups is 1. The van der Waals surface area contributed by atoms with E-state index in [1.54, 1.807) is 6.26 Å². The number of rotatable bonds is 7. The number of halogens is 3. The molecule has 6 nitrogen and oxygen atoms in total.